The van der Waals surface area contributed by atoms with Crippen LogP contribution in [0, 0.1) is 0 Å². The fourth-order valence-electron chi connectivity index (χ4n) is 3.87. The maximum absolute atomic E-state index is 5.48. The van der Waals surface area contributed by atoms with Crippen LogP contribution in [0.4, 0.5) is 11.6 Å². The Morgan fingerprint density at radius 3 is 2.37 bits per heavy atom. The monoisotopic (exact) mass is 479 g/mol. The molecular formula is C25H33N7O3. The van der Waals surface area contributed by atoms with Gasteiger partial charge in [-0.2, -0.15) is 5.10 Å². The van der Waals surface area contributed by atoms with Gasteiger partial charge in [0, 0.05) is 24.6 Å². The summed E-state index contributed by atoms with van der Waals surface area (Å²) in [5.74, 6) is 3.96. The highest BCUT2D eigenvalue weighted by Gasteiger charge is 2.17. The molecule has 4 aromatic rings. The van der Waals surface area contributed by atoms with Crippen molar-refractivity contribution < 1.29 is 14.2 Å². The summed E-state index contributed by atoms with van der Waals surface area (Å²) < 4.78 is 20.2. The van der Waals surface area contributed by atoms with Gasteiger partial charge in [-0.05, 0) is 6.42 Å². The van der Waals surface area contributed by atoms with Crippen LogP contribution in [0.5, 0.6) is 17.2 Å². The number of anilines is 2. The Kier molecular flexibility index (Phi) is 7.38. The van der Waals surface area contributed by atoms with Crippen LogP contribution in [0.25, 0.3) is 16.7 Å². The Hall–Kier alpha value is -3.82. The van der Waals surface area contributed by atoms with E-state index in [2.05, 4.69) is 36.2 Å². The summed E-state index contributed by atoms with van der Waals surface area (Å²) in [5, 5.41) is 8.82. The fraction of sp³-hybridized carbons (Fsp3) is 0.440. The number of rotatable bonds is 11. The van der Waals surface area contributed by atoms with Crippen molar-refractivity contribution in [2.24, 2.45) is 0 Å². The Morgan fingerprint density at radius 1 is 1.00 bits per heavy atom. The van der Waals surface area contributed by atoms with Crippen molar-refractivity contribution in [1.82, 2.24) is 29.3 Å². The summed E-state index contributed by atoms with van der Waals surface area (Å²) in [7, 11) is 4.77. The second kappa shape index (κ2) is 10.6. The molecule has 10 heteroatoms. The van der Waals surface area contributed by atoms with Crippen molar-refractivity contribution in [3.63, 3.8) is 0 Å². The minimum atomic E-state index is 0.177. The summed E-state index contributed by atoms with van der Waals surface area (Å²) in [5.41, 5.74) is 1.66. The number of benzene rings is 1. The van der Waals surface area contributed by atoms with E-state index in [1.807, 2.05) is 33.8 Å². The Labute approximate surface area is 205 Å². The van der Waals surface area contributed by atoms with Gasteiger partial charge in [0.05, 0.1) is 44.8 Å². The van der Waals surface area contributed by atoms with Crippen LogP contribution in [0.1, 0.15) is 51.8 Å². The van der Waals surface area contributed by atoms with Crippen molar-refractivity contribution >= 4 is 22.7 Å². The van der Waals surface area contributed by atoms with Crippen molar-refractivity contribution in [2.45, 2.75) is 52.5 Å². The molecule has 0 saturated carbocycles. The van der Waals surface area contributed by atoms with Gasteiger partial charge in [0.15, 0.2) is 17.1 Å². The number of hydrogen-bond acceptors (Lipinski definition) is 8. The molecule has 3 aromatic heterocycles. The van der Waals surface area contributed by atoms with E-state index >= 15 is 0 Å². The number of imidazole rings is 1. The Morgan fingerprint density at radius 2 is 1.74 bits per heavy atom. The molecule has 3 heterocycles. The van der Waals surface area contributed by atoms with E-state index in [-0.39, 0.29) is 5.92 Å². The van der Waals surface area contributed by atoms with E-state index in [0.717, 1.165) is 48.4 Å². The molecule has 0 aliphatic rings. The number of nitrogens with zero attached hydrogens (tertiary/aromatic N) is 6. The SMILES string of the molecule is CCCCCn1ncc2c(Nc3cn(-c4cc(OC)c(OC)c(OC)c4)cn3)nc(C(C)C)nc21. The average molecular weight is 480 g/mol. The second-order valence-electron chi connectivity index (χ2n) is 8.57. The molecule has 0 unspecified atom stereocenters. The predicted molar refractivity (Wildman–Crippen MR) is 135 cm³/mol. The molecule has 0 spiro atoms. The fourth-order valence-corrected chi connectivity index (χ4v) is 3.87. The minimum absolute atomic E-state index is 0.177. The van der Waals surface area contributed by atoms with Crippen LogP contribution in [0.3, 0.4) is 0 Å². The molecule has 0 bridgehead atoms. The summed E-state index contributed by atoms with van der Waals surface area (Å²) in [6, 6.07) is 3.74. The summed E-state index contributed by atoms with van der Waals surface area (Å²) in [6.45, 7) is 7.20. The third-order valence-corrected chi connectivity index (χ3v) is 5.78. The topological polar surface area (TPSA) is 101 Å². The van der Waals surface area contributed by atoms with Crippen molar-refractivity contribution in [1.29, 1.82) is 0 Å². The van der Waals surface area contributed by atoms with E-state index in [0.29, 0.717) is 28.9 Å². The zero-order valence-electron chi connectivity index (χ0n) is 21.2. The van der Waals surface area contributed by atoms with Gasteiger partial charge in [0.25, 0.3) is 0 Å². The first kappa shape index (κ1) is 24.3. The summed E-state index contributed by atoms with van der Waals surface area (Å²) >= 11 is 0. The van der Waals surface area contributed by atoms with Crippen LogP contribution in [0.2, 0.25) is 0 Å². The zero-order valence-corrected chi connectivity index (χ0v) is 21.2. The molecule has 0 radical (unpaired) electrons. The Balaban J connectivity index is 1.67. The van der Waals surface area contributed by atoms with Crippen LogP contribution in [-0.4, -0.2) is 50.6 Å². The molecule has 10 nitrogen and oxygen atoms in total. The third-order valence-electron chi connectivity index (χ3n) is 5.78. The molecule has 1 aromatic carbocycles. The minimum Gasteiger partial charge on any atom is -0.493 e. The largest absolute Gasteiger partial charge is 0.493 e. The quantitative estimate of drug-likeness (QED) is 0.297. The molecular weight excluding hydrogens is 446 g/mol. The number of nitrogens with one attached hydrogen (secondary N) is 1. The van der Waals surface area contributed by atoms with E-state index in [9.17, 15) is 0 Å². The lowest BCUT2D eigenvalue weighted by atomic mass is 10.2. The van der Waals surface area contributed by atoms with Gasteiger partial charge < -0.3 is 24.1 Å². The van der Waals surface area contributed by atoms with E-state index in [1.54, 1.807) is 27.7 Å². The van der Waals surface area contributed by atoms with Crippen LogP contribution >= 0.6 is 0 Å². The number of aromatic nitrogens is 6. The summed E-state index contributed by atoms with van der Waals surface area (Å²) in [4.78, 5) is 14.1. The lowest BCUT2D eigenvalue weighted by molar-refractivity contribution is 0.324. The van der Waals surface area contributed by atoms with Gasteiger partial charge in [-0.1, -0.05) is 33.6 Å². The molecule has 35 heavy (non-hydrogen) atoms. The highest BCUT2D eigenvalue weighted by molar-refractivity contribution is 5.88. The van der Waals surface area contributed by atoms with Crippen LogP contribution < -0.4 is 19.5 Å². The number of ether oxygens (including phenoxy) is 3. The average Bonchev–Trinajstić information content (AvgIpc) is 3.50. The summed E-state index contributed by atoms with van der Waals surface area (Å²) in [6.07, 6.45) is 8.81. The van der Waals surface area contributed by atoms with Gasteiger partial charge in [0.2, 0.25) is 5.75 Å². The smallest absolute Gasteiger partial charge is 0.203 e. The third kappa shape index (κ3) is 5.01. The van der Waals surface area contributed by atoms with Crippen molar-refractivity contribution in [3.05, 3.63) is 36.7 Å². The van der Waals surface area contributed by atoms with Gasteiger partial charge in [0.1, 0.15) is 23.8 Å². The lowest BCUT2D eigenvalue weighted by Crippen LogP contribution is -2.06. The van der Waals surface area contributed by atoms with Crippen molar-refractivity contribution in [2.75, 3.05) is 26.6 Å². The zero-order chi connectivity index (χ0) is 24.9. The van der Waals surface area contributed by atoms with Gasteiger partial charge in [-0.15, -0.1) is 0 Å². The first-order valence-corrected chi connectivity index (χ1v) is 11.8. The molecule has 0 aliphatic carbocycles. The van der Waals surface area contributed by atoms with Gasteiger partial charge in [-0.25, -0.2) is 19.6 Å². The van der Waals surface area contributed by atoms with Gasteiger partial charge in [-0.3, -0.25) is 0 Å². The molecule has 0 fully saturated rings. The predicted octanol–water partition coefficient (Wildman–Crippen LogP) is 5.10. The molecule has 0 saturated heterocycles. The maximum Gasteiger partial charge on any atom is 0.203 e. The van der Waals surface area contributed by atoms with E-state index in [1.165, 1.54) is 0 Å². The molecule has 4 rings (SSSR count). The number of aryl methyl sites for hydroxylation is 1. The highest BCUT2D eigenvalue weighted by Crippen LogP contribution is 2.39. The number of unbranched alkanes of at least 4 members (excludes halogenated alkanes) is 2. The van der Waals surface area contributed by atoms with E-state index in [4.69, 9.17) is 24.2 Å². The van der Waals surface area contributed by atoms with Gasteiger partial charge >= 0.3 is 0 Å². The number of fused-ring (bicyclic) bond motifs is 1. The number of hydrogen-bond donors (Lipinski definition) is 1. The molecule has 186 valence electrons. The normalized spacial score (nSPS) is 11.3. The lowest BCUT2D eigenvalue weighted by Gasteiger charge is -2.14. The molecule has 0 aliphatic heterocycles. The van der Waals surface area contributed by atoms with Crippen molar-refractivity contribution in [3.8, 4) is 22.9 Å². The standard InChI is InChI=1S/C25H33N7O3/c1-7-8-9-10-32-25-18(13-27-32)24(29-23(30-25)16(2)3)28-21-14-31(15-26-21)17-11-19(33-4)22(35-6)20(12-17)34-5/h11-16H,7-10H2,1-6H3,(H,28,29,30). The molecule has 0 amide bonds. The maximum atomic E-state index is 5.48. The first-order valence-electron chi connectivity index (χ1n) is 11.8. The van der Waals surface area contributed by atoms with Crippen LogP contribution in [-0.2, 0) is 6.54 Å². The molecule has 1 N–H and O–H groups in total. The van der Waals surface area contributed by atoms with E-state index < -0.39 is 0 Å². The Bertz CT molecular complexity index is 1270. The molecule has 0 atom stereocenters. The number of methoxy groups -OCH3 is 3. The van der Waals surface area contributed by atoms with Crippen LogP contribution in [0.15, 0.2) is 30.9 Å². The highest BCUT2D eigenvalue weighted by atomic mass is 16.5. The second-order valence-corrected chi connectivity index (χ2v) is 8.57. The first-order chi connectivity index (χ1) is 17.0.